The molecule has 1 aliphatic rings. The lowest BCUT2D eigenvalue weighted by atomic mass is 10.1. The number of carbonyl (C=O) groups is 1. The fourth-order valence-corrected chi connectivity index (χ4v) is 2.69. The second-order valence-electron chi connectivity index (χ2n) is 6.19. The highest BCUT2D eigenvalue weighted by Crippen LogP contribution is 2.30. The van der Waals surface area contributed by atoms with Crippen molar-refractivity contribution in [3.05, 3.63) is 12.2 Å². The Balaban J connectivity index is 1.82. The van der Waals surface area contributed by atoms with Crippen LogP contribution in [-0.2, 0) is 9.53 Å². The monoisotopic (exact) mass is 312 g/mol. The molecule has 4 nitrogen and oxygen atoms in total. The number of aliphatic carboxylic acids is 1. The molecule has 4 heteroatoms. The van der Waals surface area contributed by atoms with Crippen molar-refractivity contribution < 1.29 is 19.7 Å². The smallest absolute Gasteiger partial charge is 0.303 e. The SMILES string of the molecule is O=C(O)CCCCCCCC1OC1C/C=C\CCCCCO. The molecule has 1 heterocycles. The zero-order valence-corrected chi connectivity index (χ0v) is 13.7. The Bertz CT molecular complexity index is 314. The lowest BCUT2D eigenvalue weighted by Crippen LogP contribution is -1.94. The zero-order valence-electron chi connectivity index (χ0n) is 13.7. The summed E-state index contributed by atoms with van der Waals surface area (Å²) in [4.78, 5) is 10.4. The number of carboxylic acid groups (broad SMARTS) is 1. The third kappa shape index (κ3) is 10.8. The Morgan fingerprint density at radius 2 is 1.64 bits per heavy atom. The van der Waals surface area contributed by atoms with Gasteiger partial charge in [0.2, 0.25) is 0 Å². The topological polar surface area (TPSA) is 70.1 Å². The average molecular weight is 312 g/mol. The van der Waals surface area contributed by atoms with Crippen molar-refractivity contribution in [1.29, 1.82) is 0 Å². The van der Waals surface area contributed by atoms with Crippen LogP contribution in [0.3, 0.4) is 0 Å². The number of allylic oxidation sites excluding steroid dienone is 1. The second-order valence-corrected chi connectivity index (χ2v) is 6.19. The maximum absolute atomic E-state index is 10.4. The molecule has 2 atom stereocenters. The van der Waals surface area contributed by atoms with E-state index in [1.165, 1.54) is 12.8 Å². The van der Waals surface area contributed by atoms with E-state index in [-0.39, 0.29) is 0 Å². The number of hydrogen-bond acceptors (Lipinski definition) is 3. The van der Waals surface area contributed by atoms with Gasteiger partial charge < -0.3 is 14.9 Å². The van der Waals surface area contributed by atoms with Crippen LogP contribution in [0.15, 0.2) is 12.2 Å². The molecule has 0 saturated carbocycles. The van der Waals surface area contributed by atoms with Crippen molar-refractivity contribution >= 4 is 5.97 Å². The number of aliphatic hydroxyl groups excluding tert-OH is 1. The van der Waals surface area contributed by atoms with Crippen molar-refractivity contribution in [2.75, 3.05) is 6.61 Å². The first-order chi connectivity index (χ1) is 10.7. The van der Waals surface area contributed by atoms with Gasteiger partial charge >= 0.3 is 5.97 Å². The van der Waals surface area contributed by atoms with Crippen molar-refractivity contribution in [2.45, 2.75) is 89.3 Å². The van der Waals surface area contributed by atoms with Crippen LogP contribution in [0.25, 0.3) is 0 Å². The van der Waals surface area contributed by atoms with Crippen molar-refractivity contribution in [2.24, 2.45) is 0 Å². The molecule has 2 N–H and O–H groups in total. The molecule has 1 aliphatic heterocycles. The van der Waals surface area contributed by atoms with Gasteiger partial charge in [0.1, 0.15) is 0 Å². The van der Waals surface area contributed by atoms with E-state index in [0.717, 1.165) is 57.8 Å². The normalized spacial score (nSPS) is 20.6. The lowest BCUT2D eigenvalue weighted by molar-refractivity contribution is -0.137. The van der Waals surface area contributed by atoms with Gasteiger partial charge in [0, 0.05) is 13.0 Å². The maximum Gasteiger partial charge on any atom is 0.303 e. The van der Waals surface area contributed by atoms with Gasteiger partial charge in [0.25, 0.3) is 0 Å². The van der Waals surface area contributed by atoms with Crippen LogP contribution >= 0.6 is 0 Å². The predicted octanol–water partition coefficient (Wildman–Crippen LogP) is 4.07. The molecule has 2 unspecified atom stereocenters. The van der Waals surface area contributed by atoms with Crippen LogP contribution in [0.4, 0.5) is 0 Å². The van der Waals surface area contributed by atoms with E-state index in [2.05, 4.69) is 12.2 Å². The maximum atomic E-state index is 10.4. The number of hydrogen-bond donors (Lipinski definition) is 2. The summed E-state index contributed by atoms with van der Waals surface area (Å²) in [6.07, 6.45) is 17.5. The Hall–Kier alpha value is -0.870. The van der Waals surface area contributed by atoms with Gasteiger partial charge in [-0.2, -0.15) is 0 Å². The molecule has 1 saturated heterocycles. The van der Waals surface area contributed by atoms with E-state index in [4.69, 9.17) is 14.9 Å². The van der Waals surface area contributed by atoms with Gasteiger partial charge in [-0.15, -0.1) is 0 Å². The molecule has 22 heavy (non-hydrogen) atoms. The van der Waals surface area contributed by atoms with E-state index >= 15 is 0 Å². The van der Waals surface area contributed by atoms with Gasteiger partial charge in [-0.1, -0.05) is 44.3 Å². The average Bonchev–Trinajstić information content (AvgIpc) is 3.23. The van der Waals surface area contributed by atoms with Crippen molar-refractivity contribution in [3.63, 3.8) is 0 Å². The first-order valence-electron chi connectivity index (χ1n) is 8.87. The molecule has 1 fully saturated rings. The van der Waals surface area contributed by atoms with Crippen LogP contribution in [-0.4, -0.2) is 35.0 Å². The minimum Gasteiger partial charge on any atom is -0.481 e. The van der Waals surface area contributed by atoms with E-state index in [1.807, 2.05) is 0 Å². The van der Waals surface area contributed by atoms with Gasteiger partial charge in [-0.25, -0.2) is 0 Å². The van der Waals surface area contributed by atoms with E-state index in [0.29, 0.717) is 25.2 Å². The molecule has 0 spiro atoms. The summed E-state index contributed by atoms with van der Waals surface area (Å²) in [5, 5.41) is 17.2. The molecule has 128 valence electrons. The Morgan fingerprint density at radius 3 is 2.41 bits per heavy atom. The first-order valence-corrected chi connectivity index (χ1v) is 8.87. The van der Waals surface area contributed by atoms with E-state index in [9.17, 15) is 4.79 Å². The largest absolute Gasteiger partial charge is 0.481 e. The summed E-state index contributed by atoms with van der Waals surface area (Å²) >= 11 is 0. The van der Waals surface area contributed by atoms with Crippen LogP contribution in [0, 0.1) is 0 Å². The summed E-state index contributed by atoms with van der Waals surface area (Å²) in [5.41, 5.74) is 0. The van der Waals surface area contributed by atoms with Crippen LogP contribution < -0.4 is 0 Å². The van der Waals surface area contributed by atoms with Crippen LogP contribution in [0.2, 0.25) is 0 Å². The lowest BCUT2D eigenvalue weighted by Gasteiger charge is -1.99. The molecule has 0 aromatic carbocycles. The number of epoxide rings is 1. The summed E-state index contributed by atoms with van der Waals surface area (Å²) in [5.74, 6) is -0.685. The molecule has 0 aromatic rings. The van der Waals surface area contributed by atoms with Gasteiger partial charge in [-0.05, 0) is 38.5 Å². The Labute approximate surface area is 134 Å². The van der Waals surface area contributed by atoms with Crippen LogP contribution in [0.1, 0.15) is 77.0 Å². The Kier molecular flexibility index (Phi) is 11.0. The highest BCUT2D eigenvalue weighted by molar-refractivity contribution is 5.66. The molecular weight excluding hydrogens is 280 g/mol. The number of rotatable bonds is 15. The fraction of sp³-hybridized carbons (Fsp3) is 0.833. The fourth-order valence-electron chi connectivity index (χ4n) is 2.69. The molecule has 0 aliphatic carbocycles. The number of ether oxygens (including phenoxy) is 1. The standard InChI is InChI=1S/C18H32O4/c19-15-11-7-2-1-4-8-12-16-17(22-16)13-9-5-3-6-10-14-18(20)21/h4,8,16-17,19H,1-3,5-7,9-15H2,(H,20,21)/b8-4-. The molecule has 0 radical (unpaired) electrons. The number of unbranched alkanes of at least 4 members (excludes halogenated alkanes) is 7. The first kappa shape index (κ1) is 19.2. The zero-order chi connectivity index (χ0) is 16.0. The summed E-state index contributed by atoms with van der Waals surface area (Å²) in [6.45, 7) is 0.306. The minimum absolute atomic E-state index is 0.306. The molecule has 0 amide bonds. The highest BCUT2D eigenvalue weighted by atomic mass is 16.6. The van der Waals surface area contributed by atoms with Gasteiger partial charge in [-0.3, -0.25) is 4.79 Å². The summed E-state index contributed by atoms with van der Waals surface area (Å²) < 4.78 is 5.66. The van der Waals surface area contributed by atoms with Gasteiger partial charge in [0.15, 0.2) is 0 Å². The number of aliphatic hydroxyl groups is 1. The molecule has 0 aromatic heterocycles. The quantitative estimate of drug-likeness (QED) is 0.272. The molecule has 0 bridgehead atoms. The third-order valence-corrected chi connectivity index (χ3v) is 4.13. The second kappa shape index (κ2) is 12.7. The summed E-state index contributed by atoms with van der Waals surface area (Å²) in [6, 6.07) is 0. The van der Waals surface area contributed by atoms with Crippen molar-refractivity contribution in [3.8, 4) is 0 Å². The Morgan fingerprint density at radius 1 is 0.909 bits per heavy atom. The molecule has 1 rings (SSSR count). The predicted molar refractivity (Wildman–Crippen MR) is 87.9 cm³/mol. The van der Waals surface area contributed by atoms with Crippen LogP contribution in [0.5, 0.6) is 0 Å². The minimum atomic E-state index is -0.685. The van der Waals surface area contributed by atoms with Crippen molar-refractivity contribution in [1.82, 2.24) is 0 Å². The van der Waals surface area contributed by atoms with E-state index < -0.39 is 5.97 Å². The summed E-state index contributed by atoms with van der Waals surface area (Å²) in [7, 11) is 0. The van der Waals surface area contributed by atoms with Gasteiger partial charge in [0.05, 0.1) is 12.2 Å². The highest BCUT2D eigenvalue weighted by Gasteiger charge is 2.36. The number of carboxylic acids is 1. The van der Waals surface area contributed by atoms with E-state index in [1.54, 1.807) is 0 Å². The third-order valence-electron chi connectivity index (χ3n) is 4.13. The molecular formula is C18H32O4.